The zero-order valence-electron chi connectivity index (χ0n) is 15.2. The molecule has 0 aromatic rings. The van der Waals surface area contributed by atoms with Gasteiger partial charge in [0.2, 0.25) is 0 Å². The smallest absolute Gasteiger partial charge is 0.305 e. The Hall–Kier alpha value is -0.650. The molecule has 0 spiro atoms. The zero-order valence-corrected chi connectivity index (χ0v) is 15.2. The van der Waals surface area contributed by atoms with Gasteiger partial charge < -0.3 is 19.7 Å². The van der Waals surface area contributed by atoms with Crippen LogP contribution >= 0.6 is 0 Å². The molecule has 0 aliphatic carbocycles. The van der Waals surface area contributed by atoms with E-state index in [0.29, 0.717) is 26.2 Å². The second-order valence-corrected chi connectivity index (χ2v) is 5.44. The number of hydrogen-bond donors (Lipinski definition) is 2. The third kappa shape index (κ3) is 26.6. The van der Waals surface area contributed by atoms with Gasteiger partial charge in [0.25, 0.3) is 0 Å². The Morgan fingerprint density at radius 1 is 0.783 bits per heavy atom. The van der Waals surface area contributed by atoms with Crippen molar-refractivity contribution >= 4 is 5.97 Å². The van der Waals surface area contributed by atoms with Gasteiger partial charge in [-0.1, -0.05) is 58.3 Å². The maximum Gasteiger partial charge on any atom is 0.305 e. The molecule has 0 rings (SSSR count). The van der Waals surface area contributed by atoms with Crippen molar-refractivity contribution in [2.24, 2.45) is 0 Å². The van der Waals surface area contributed by atoms with Gasteiger partial charge in [0.15, 0.2) is 0 Å². The molecule has 0 aliphatic rings. The minimum Gasteiger partial charge on any atom is -0.466 e. The second kappa shape index (κ2) is 23.6. The summed E-state index contributed by atoms with van der Waals surface area (Å²) in [7, 11) is 0. The molecule has 0 aromatic heterocycles. The lowest BCUT2D eigenvalue weighted by Gasteiger charge is -2.02. The summed E-state index contributed by atoms with van der Waals surface area (Å²) in [6, 6.07) is 0. The van der Waals surface area contributed by atoms with Crippen LogP contribution in [0.1, 0.15) is 78.1 Å². The van der Waals surface area contributed by atoms with E-state index in [2.05, 4.69) is 11.7 Å². The predicted octanol–water partition coefficient (Wildman–Crippen LogP) is 3.46. The first kappa shape index (κ1) is 24.6. The highest BCUT2D eigenvalue weighted by atomic mass is 16.5. The third-order valence-corrected chi connectivity index (χ3v) is 3.26. The summed E-state index contributed by atoms with van der Waals surface area (Å²) < 4.78 is 9.51. The Labute approximate surface area is 142 Å². The van der Waals surface area contributed by atoms with Crippen molar-refractivity contribution in [1.29, 1.82) is 0 Å². The lowest BCUT2D eigenvalue weighted by atomic mass is 10.1. The molecule has 0 saturated heterocycles. The van der Waals surface area contributed by atoms with Crippen LogP contribution in [0.25, 0.3) is 0 Å². The van der Waals surface area contributed by atoms with Gasteiger partial charge in [-0.15, -0.1) is 0 Å². The van der Waals surface area contributed by atoms with Crippen LogP contribution in [0, 0.1) is 0 Å². The monoisotopic (exact) mass is 334 g/mol. The number of aliphatic hydroxyl groups excluding tert-OH is 2. The van der Waals surface area contributed by atoms with Gasteiger partial charge in [-0.3, -0.25) is 4.79 Å². The minimum atomic E-state index is -0.0366. The molecule has 140 valence electrons. The molecule has 23 heavy (non-hydrogen) atoms. The van der Waals surface area contributed by atoms with E-state index in [9.17, 15) is 4.79 Å². The summed E-state index contributed by atoms with van der Waals surface area (Å²) in [4.78, 5) is 11.0. The van der Waals surface area contributed by atoms with Crippen molar-refractivity contribution in [2.75, 3.05) is 33.0 Å². The highest BCUT2D eigenvalue weighted by Gasteiger charge is 2.00. The van der Waals surface area contributed by atoms with Gasteiger partial charge in [0.05, 0.1) is 33.0 Å². The fourth-order valence-corrected chi connectivity index (χ4v) is 2.04. The van der Waals surface area contributed by atoms with E-state index in [0.717, 1.165) is 6.42 Å². The molecule has 0 heterocycles. The number of aliphatic hydroxyl groups is 2. The van der Waals surface area contributed by atoms with Gasteiger partial charge in [0.1, 0.15) is 0 Å². The van der Waals surface area contributed by atoms with Gasteiger partial charge >= 0.3 is 5.97 Å². The summed E-state index contributed by atoms with van der Waals surface area (Å²) in [5.41, 5.74) is 0. The quantitative estimate of drug-likeness (QED) is 0.354. The van der Waals surface area contributed by atoms with E-state index >= 15 is 0 Å². The van der Waals surface area contributed by atoms with Crippen LogP contribution < -0.4 is 0 Å². The summed E-state index contributed by atoms with van der Waals surface area (Å²) in [6.07, 6.45) is 12.2. The fraction of sp³-hybridized carbons (Fsp3) is 0.944. The molecule has 0 atom stereocenters. The van der Waals surface area contributed by atoms with Crippen molar-refractivity contribution < 1.29 is 24.5 Å². The molecule has 0 amide bonds. The van der Waals surface area contributed by atoms with E-state index < -0.39 is 0 Å². The normalized spacial score (nSPS) is 10.1. The van der Waals surface area contributed by atoms with E-state index in [4.69, 9.17) is 14.9 Å². The van der Waals surface area contributed by atoms with Crippen LogP contribution in [-0.4, -0.2) is 49.2 Å². The molecule has 0 aliphatic heterocycles. The summed E-state index contributed by atoms with van der Waals surface area (Å²) in [5.74, 6) is -0.0366. The number of ether oxygens (including phenoxy) is 2. The van der Waals surface area contributed by atoms with E-state index in [1.54, 1.807) is 0 Å². The average Bonchev–Trinajstić information content (AvgIpc) is 2.55. The molecule has 0 radical (unpaired) electrons. The van der Waals surface area contributed by atoms with Crippen LogP contribution in [-0.2, 0) is 14.3 Å². The van der Waals surface area contributed by atoms with Crippen LogP contribution in [0.3, 0.4) is 0 Å². The topological polar surface area (TPSA) is 76.0 Å². The van der Waals surface area contributed by atoms with Crippen molar-refractivity contribution in [3.63, 3.8) is 0 Å². The Balaban J connectivity index is 0. The third-order valence-electron chi connectivity index (χ3n) is 3.26. The zero-order chi connectivity index (χ0) is 17.6. The van der Waals surface area contributed by atoms with Gasteiger partial charge in [-0.25, -0.2) is 0 Å². The lowest BCUT2D eigenvalue weighted by Crippen LogP contribution is -2.03. The lowest BCUT2D eigenvalue weighted by molar-refractivity contribution is -0.143. The SMILES string of the molecule is CCCCCCCCCCCC(=O)OCC.OCCOCCO. The summed E-state index contributed by atoms with van der Waals surface area (Å²) in [6.45, 7) is 5.31. The largest absolute Gasteiger partial charge is 0.466 e. The first-order valence-corrected chi connectivity index (χ1v) is 9.17. The molecular weight excluding hydrogens is 296 g/mol. The Kier molecular flexibility index (Phi) is 25.3. The highest BCUT2D eigenvalue weighted by Crippen LogP contribution is 2.10. The molecular formula is C18H38O5. The van der Waals surface area contributed by atoms with E-state index in [1.807, 2.05) is 6.92 Å². The molecule has 5 nitrogen and oxygen atoms in total. The molecule has 0 saturated carbocycles. The Morgan fingerprint density at radius 3 is 1.70 bits per heavy atom. The molecule has 0 fully saturated rings. The molecule has 0 bridgehead atoms. The number of hydrogen-bond acceptors (Lipinski definition) is 5. The molecule has 5 heteroatoms. The summed E-state index contributed by atoms with van der Waals surface area (Å²) >= 11 is 0. The number of unbranched alkanes of at least 4 members (excludes halogenated alkanes) is 8. The van der Waals surface area contributed by atoms with Gasteiger partial charge in [-0.05, 0) is 13.3 Å². The second-order valence-electron chi connectivity index (χ2n) is 5.44. The fourth-order valence-electron chi connectivity index (χ4n) is 2.04. The molecule has 0 aromatic carbocycles. The Morgan fingerprint density at radius 2 is 1.26 bits per heavy atom. The first-order valence-electron chi connectivity index (χ1n) is 9.17. The van der Waals surface area contributed by atoms with E-state index in [1.165, 1.54) is 51.4 Å². The molecule has 0 unspecified atom stereocenters. The summed E-state index contributed by atoms with van der Waals surface area (Å²) in [5, 5.41) is 16.2. The number of carbonyl (C=O) groups is 1. The maximum atomic E-state index is 11.0. The predicted molar refractivity (Wildman–Crippen MR) is 93.5 cm³/mol. The number of carbonyl (C=O) groups excluding carboxylic acids is 1. The first-order chi connectivity index (χ1) is 11.2. The van der Waals surface area contributed by atoms with Crippen LogP contribution in [0.2, 0.25) is 0 Å². The minimum absolute atomic E-state index is 0.0278. The number of rotatable bonds is 15. The standard InChI is InChI=1S/C14H28O2.C4H10O3/c1-3-5-6-7-8-9-10-11-12-13-14(15)16-4-2;5-1-3-7-4-2-6/h3-13H2,1-2H3;5-6H,1-4H2. The molecule has 2 N–H and O–H groups in total. The Bertz CT molecular complexity index is 217. The van der Waals surface area contributed by atoms with Gasteiger partial charge in [-0.2, -0.15) is 0 Å². The van der Waals surface area contributed by atoms with Crippen molar-refractivity contribution in [3.05, 3.63) is 0 Å². The average molecular weight is 334 g/mol. The van der Waals surface area contributed by atoms with Crippen LogP contribution in [0.5, 0.6) is 0 Å². The van der Waals surface area contributed by atoms with Gasteiger partial charge in [0, 0.05) is 6.42 Å². The van der Waals surface area contributed by atoms with Crippen molar-refractivity contribution in [1.82, 2.24) is 0 Å². The van der Waals surface area contributed by atoms with Crippen molar-refractivity contribution in [2.45, 2.75) is 78.1 Å². The van der Waals surface area contributed by atoms with Crippen LogP contribution in [0.4, 0.5) is 0 Å². The van der Waals surface area contributed by atoms with Crippen molar-refractivity contribution in [3.8, 4) is 0 Å². The maximum absolute atomic E-state index is 11.0. The highest BCUT2D eigenvalue weighted by molar-refractivity contribution is 5.69. The van der Waals surface area contributed by atoms with E-state index in [-0.39, 0.29) is 19.2 Å². The van der Waals surface area contributed by atoms with Crippen LogP contribution in [0.15, 0.2) is 0 Å². The number of esters is 1.